The fourth-order valence-corrected chi connectivity index (χ4v) is 2.47. The Morgan fingerprint density at radius 3 is 2.50 bits per heavy atom. The Morgan fingerprint density at radius 1 is 1.31 bits per heavy atom. The number of nitrogens with one attached hydrogen (secondary N) is 1. The highest BCUT2D eigenvalue weighted by Gasteiger charge is 2.23. The van der Waals surface area contributed by atoms with Crippen molar-refractivity contribution in [2.45, 2.75) is 5.03 Å². The number of sulfone groups is 1. The van der Waals surface area contributed by atoms with E-state index in [1.54, 1.807) is 24.3 Å². The summed E-state index contributed by atoms with van der Waals surface area (Å²) in [6.07, 6.45) is 0.976. The van der Waals surface area contributed by atoms with Crippen LogP contribution >= 0.6 is 0 Å². The third-order valence-electron chi connectivity index (χ3n) is 2.26. The molecule has 0 aliphatic heterocycles. The fourth-order valence-electron chi connectivity index (χ4n) is 1.61. The van der Waals surface area contributed by atoms with Gasteiger partial charge in [0.1, 0.15) is 10.6 Å². The van der Waals surface area contributed by atoms with Crippen LogP contribution in [-0.4, -0.2) is 30.7 Å². The molecule has 2 aromatic rings. The Bertz CT molecular complexity index is 669. The summed E-state index contributed by atoms with van der Waals surface area (Å²) in [6, 6.07) is 6.58. The Balaban J connectivity index is 2.95. The first kappa shape index (κ1) is 10.7. The van der Waals surface area contributed by atoms with Gasteiger partial charge in [-0.1, -0.05) is 18.2 Å². The van der Waals surface area contributed by atoms with Crippen LogP contribution in [0.1, 0.15) is 10.4 Å². The Kier molecular flexibility index (Phi) is 2.23. The maximum Gasteiger partial charge on any atom is 0.339 e. The largest absolute Gasteiger partial charge is 0.478 e. The van der Waals surface area contributed by atoms with Gasteiger partial charge < -0.3 is 10.1 Å². The van der Waals surface area contributed by atoms with Gasteiger partial charge in [0.25, 0.3) is 0 Å². The first-order chi connectivity index (χ1) is 7.41. The molecule has 0 aliphatic carbocycles. The van der Waals surface area contributed by atoms with Crippen molar-refractivity contribution in [3.63, 3.8) is 0 Å². The molecule has 16 heavy (non-hydrogen) atoms. The van der Waals surface area contributed by atoms with E-state index >= 15 is 0 Å². The molecule has 0 aliphatic rings. The van der Waals surface area contributed by atoms with E-state index in [1.165, 1.54) is 0 Å². The average molecular weight is 239 g/mol. The molecule has 0 saturated heterocycles. The van der Waals surface area contributed by atoms with E-state index in [0.29, 0.717) is 10.9 Å². The summed E-state index contributed by atoms with van der Waals surface area (Å²) in [6.45, 7) is 0. The van der Waals surface area contributed by atoms with E-state index in [9.17, 15) is 13.2 Å². The highest BCUT2D eigenvalue weighted by molar-refractivity contribution is 7.90. The predicted octanol–water partition coefficient (Wildman–Crippen LogP) is 1.27. The summed E-state index contributed by atoms with van der Waals surface area (Å²) in [5, 5.41) is 9.18. The molecule has 0 unspecified atom stereocenters. The molecule has 84 valence electrons. The minimum atomic E-state index is -3.58. The molecule has 0 bridgehead atoms. The zero-order chi connectivity index (χ0) is 11.9. The van der Waals surface area contributed by atoms with E-state index < -0.39 is 15.8 Å². The molecule has 0 radical (unpaired) electrons. The average Bonchev–Trinajstić information content (AvgIpc) is 2.55. The van der Waals surface area contributed by atoms with Gasteiger partial charge in [0.05, 0.1) is 0 Å². The van der Waals surface area contributed by atoms with Crippen molar-refractivity contribution in [3.05, 3.63) is 29.8 Å². The zero-order valence-electron chi connectivity index (χ0n) is 8.39. The molecule has 1 aromatic carbocycles. The van der Waals surface area contributed by atoms with Crippen LogP contribution in [0.3, 0.4) is 0 Å². The highest BCUT2D eigenvalue weighted by Crippen LogP contribution is 2.25. The molecule has 1 aromatic heterocycles. The van der Waals surface area contributed by atoms with Crippen LogP contribution in [0.15, 0.2) is 29.3 Å². The van der Waals surface area contributed by atoms with Crippen molar-refractivity contribution in [2.24, 2.45) is 0 Å². The number of carboxylic acids is 1. The predicted molar refractivity (Wildman–Crippen MR) is 58.4 cm³/mol. The first-order valence-corrected chi connectivity index (χ1v) is 6.34. The van der Waals surface area contributed by atoms with Crippen molar-refractivity contribution in [2.75, 3.05) is 6.26 Å². The van der Waals surface area contributed by atoms with E-state index in [2.05, 4.69) is 4.98 Å². The van der Waals surface area contributed by atoms with Gasteiger partial charge in [0.15, 0.2) is 9.84 Å². The highest BCUT2D eigenvalue weighted by atomic mass is 32.2. The van der Waals surface area contributed by atoms with Crippen molar-refractivity contribution in [1.82, 2.24) is 4.98 Å². The second-order valence-corrected chi connectivity index (χ2v) is 5.40. The van der Waals surface area contributed by atoms with E-state index in [1.807, 2.05) is 0 Å². The molecular weight excluding hydrogens is 230 g/mol. The van der Waals surface area contributed by atoms with Gasteiger partial charge >= 0.3 is 5.97 Å². The smallest absolute Gasteiger partial charge is 0.339 e. The SMILES string of the molecule is CS(=O)(=O)c1[nH]c2ccccc2c1C(=O)O. The molecule has 0 atom stereocenters. The molecule has 0 spiro atoms. The molecule has 0 fully saturated rings. The number of para-hydroxylation sites is 1. The van der Waals surface area contributed by atoms with Gasteiger partial charge in [-0.05, 0) is 6.07 Å². The lowest BCUT2D eigenvalue weighted by Gasteiger charge is -1.96. The second-order valence-electron chi connectivity index (χ2n) is 3.45. The molecule has 6 heteroatoms. The summed E-state index contributed by atoms with van der Waals surface area (Å²) in [4.78, 5) is 13.7. The molecule has 2 rings (SSSR count). The van der Waals surface area contributed by atoms with Crippen molar-refractivity contribution in [1.29, 1.82) is 0 Å². The molecule has 0 amide bonds. The third-order valence-corrected chi connectivity index (χ3v) is 3.30. The van der Waals surface area contributed by atoms with Gasteiger partial charge in [0, 0.05) is 17.2 Å². The van der Waals surface area contributed by atoms with Crippen molar-refractivity contribution >= 4 is 26.7 Å². The Labute approximate surface area is 91.6 Å². The summed E-state index contributed by atoms with van der Waals surface area (Å²) < 4.78 is 22.9. The van der Waals surface area contributed by atoms with Crippen LogP contribution in [0.2, 0.25) is 0 Å². The van der Waals surface area contributed by atoms with Crippen LogP contribution in [-0.2, 0) is 9.84 Å². The van der Waals surface area contributed by atoms with E-state index in [0.717, 1.165) is 6.26 Å². The lowest BCUT2D eigenvalue weighted by Crippen LogP contribution is -2.06. The van der Waals surface area contributed by atoms with Crippen LogP contribution in [0, 0.1) is 0 Å². The second kappa shape index (κ2) is 3.34. The summed E-state index contributed by atoms with van der Waals surface area (Å²) in [5.74, 6) is -1.25. The first-order valence-electron chi connectivity index (χ1n) is 4.45. The van der Waals surface area contributed by atoms with Gasteiger partial charge in [0.2, 0.25) is 0 Å². The Hall–Kier alpha value is -1.82. The number of aromatic nitrogens is 1. The molecule has 0 saturated carbocycles. The van der Waals surface area contributed by atoms with Crippen LogP contribution in [0.4, 0.5) is 0 Å². The van der Waals surface area contributed by atoms with Crippen molar-refractivity contribution in [3.8, 4) is 0 Å². The van der Waals surface area contributed by atoms with Crippen LogP contribution in [0.5, 0.6) is 0 Å². The van der Waals surface area contributed by atoms with Gasteiger partial charge in [-0.15, -0.1) is 0 Å². The minimum absolute atomic E-state index is 0.196. The topological polar surface area (TPSA) is 87.2 Å². The minimum Gasteiger partial charge on any atom is -0.478 e. The standard InChI is InChI=1S/C10H9NO4S/c1-16(14,15)9-8(10(12)13)6-4-2-3-5-7(6)11-9/h2-5,11H,1H3,(H,12,13). The fraction of sp³-hybridized carbons (Fsp3) is 0.100. The number of rotatable bonds is 2. The third kappa shape index (κ3) is 1.57. The molecule has 1 heterocycles. The molecule has 2 N–H and O–H groups in total. The lowest BCUT2D eigenvalue weighted by molar-refractivity contribution is 0.0695. The number of H-pyrrole nitrogens is 1. The number of hydrogen-bond donors (Lipinski definition) is 2. The number of hydrogen-bond acceptors (Lipinski definition) is 3. The number of aromatic amines is 1. The monoisotopic (exact) mass is 239 g/mol. The van der Waals surface area contributed by atoms with Gasteiger partial charge in [-0.25, -0.2) is 13.2 Å². The molecular formula is C10H9NO4S. The van der Waals surface area contributed by atoms with Crippen LogP contribution < -0.4 is 0 Å². The maximum atomic E-state index is 11.4. The lowest BCUT2D eigenvalue weighted by atomic mass is 10.2. The Morgan fingerprint density at radius 2 is 1.94 bits per heavy atom. The van der Waals surface area contributed by atoms with E-state index in [-0.39, 0.29) is 10.6 Å². The van der Waals surface area contributed by atoms with Gasteiger partial charge in [-0.3, -0.25) is 0 Å². The number of benzene rings is 1. The van der Waals surface area contributed by atoms with E-state index in [4.69, 9.17) is 5.11 Å². The van der Waals surface area contributed by atoms with Crippen LogP contribution in [0.25, 0.3) is 10.9 Å². The normalized spacial score (nSPS) is 11.8. The molecule has 5 nitrogen and oxygen atoms in total. The number of aromatic carboxylic acids is 1. The number of fused-ring (bicyclic) bond motifs is 1. The summed E-state index contributed by atoms with van der Waals surface area (Å²) in [5.41, 5.74) is 0.304. The summed E-state index contributed by atoms with van der Waals surface area (Å²) in [7, 11) is -3.58. The number of carboxylic acid groups (broad SMARTS) is 1. The maximum absolute atomic E-state index is 11.4. The van der Waals surface area contributed by atoms with Crippen molar-refractivity contribution < 1.29 is 18.3 Å². The quantitative estimate of drug-likeness (QED) is 0.826. The zero-order valence-corrected chi connectivity index (χ0v) is 9.21. The summed E-state index contributed by atoms with van der Waals surface area (Å²) >= 11 is 0. The van der Waals surface area contributed by atoms with Gasteiger partial charge in [-0.2, -0.15) is 0 Å². The number of carbonyl (C=O) groups is 1.